The van der Waals surface area contributed by atoms with Gasteiger partial charge in [-0.15, -0.1) is 10.1 Å². The van der Waals surface area contributed by atoms with Gasteiger partial charge in [-0.3, -0.25) is 4.79 Å². The maximum atomic E-state index is 14.4. The van der Waals surface area contributed by atoms with E-state index in [9.17, 15) is 38.7 Å². The molecule has 0 radical (unpaired) electrons. The predicted octanol–water partition coefficient (Wildman–Crippen LogP) is 2.66. The lowest BCUT2D eigenvalue weighted by Gasteiger charge is -2.59. The SMILES string of the molecule is CC1(C)[C@H]2C[C@H]1[C@H](c1c(O)cc(C(F)(F)C(=O)OCCO[N+](=O)[O-])cc1O)CC2=O. The van der Waals surface area contributed by atoms with E-state index in [0.29, 0.717) is 18.6 Å². The van der Waals surface area contributed by atoms with Crippen molar-refractivity contribution in [3.63, 3.8) is 0 Å². The van der Waals surface area contributed by atoms with Gasteiger partial charge in [-0.25, -0.2) is 4.79 Å². The van der Waals surface area contributed by atoms with Crippen LogP contribution in [0.1, 0.15) is 43.7 Å². The molecule has 3 aliphatic rings. The van der Waals surface area contributed by atoms with E-state index in [0.717, 1.165) is 0 Å². The van der Waals surface area contributed by atoms with Crippen molar-refractivity contribution in [2.24, 2.45) is 17.3 Å². The van der Waals surface area contributed by atoms with E-state index >= 15 is 0 Å². The molecule has 0 saturated heterocycles. The lowest BCUT2D eigenvalue weighted by Crippen LogP contribution is -2.56. The van der Waals surface area contributed by atoms with Crippen molar-refractivity contribution >= 4 is 11.8 Å². The third kappa shape index (κ3) is 3.52. The Kier molecular flexibility index (Phi) is 5.33. The Morgan fingerprint density at radius 1 is 1.30 bits per heavy atom. The summed E-state index contributed by atoms with van der Waals surface area (Å²) < 4.78 is 33.1. The number of carbonyl (C=O) groups is 2. The summed E-state index contributed by atoms with van der Waals surface area (Å²) >= 11 is 0. The molecular formula is C19H21F2NO8. The van der Waals surface area contributed by atoms with Gasteiger partial charge in [0.1, 0.15) is 30.5 Å². The normalized spacial score (nSPS) is 24.7. The van der Waals surface area contributed by atoms with Gasteiger partial charge < -0.3 is 19.8 Å². The first kappa shape index (κ1) is 21.7. The Labute approximate surface area is 169 Å². The standard InChI is InChI=1S/C19H21F2NO8/c1-18(2)11-8-12(18)13(23)7-10(11)16-14(24)5-9(6-15(16)25)19(20,21)17(26)29-3-4-30-22(27)28/h5-6,10-12,24-25H,3-4,7-8H2,1-2H3/t10-,11+,12+/m1/s1. The molecule has 1 aromatic rings. The highest BCUT2D eigenvalue weighted by molar-refractivity contribution is 5.86. The number of Topliss-reactive ketones (excluding diaryl/α,β-unsaturated/α-hetero) is 1. The van der Waals surface area contributed by atoms with Crippen molar-refractivity contribution in [1.29, 1.82) is 0 Å². The molecule has 30 heavy (non-hydrogen) atoms. The van der Waals surface area contributed by atoms with Gasteiger partial charge in [0, 0.05) is 29.4 Å². The number of ether oxygens (including phenoxy) is 1. The molecule has 0 heterocycles. The molecule has 3 saturated carbocycles. The number of esters is 1. The largest absolute Gasteiger partial charge is 0.508 e. The Hall–Kier alpha value is -2.98. The predicted molar refractivity (Wildman–Crippen MR) is 95.3 cm³/mol. The Morgan fingerprint density at radius 2 is 1.90 bits per heavy atom. The fourth-order valence-electron chi connectivity index (χ4n) is 4.63. The maximum absolute atomic E-state index is 14.4. The third-order valence-corrected chi connectivity index (χ3v) is 6.28. The second-order valence-electron chi connectivity index (χ2n) is 8.19. The summed E-state index contributed by atoms with van der Waals surface area (Å²) in [5, 5.41) is 29.6. The fraction of sp³-hybridized carbons (Fsp3) is 0.579. The number of carbonyl (C=O) groups excluding carboxylic acids is 2. The number of rotatable bonds is 7. The van der Waals surface area contributed by atoms with E-state index in [2.05, 4.69) is 9.57 Å². The summed E-state index contributed by atoms with van der Waals surface area (Å²) in [5.41, 5.74) is -1.32. The quantitative estimate of drug-likeness (QED) is 0.292. The molecule has 2 N–H and O–H groups in total. The minimum Gasteiger partial charge on any atom is -0.508 e. The zero-order valence-corrected chi connectivity index (χ0v) is 16.3. The second kappa shape index (κ2) is 7.37. The van der Waals surface area contributed by atoms with Gasteiger partial charge in [0.15, 0.2) is 0 Å². The Morgan fingerprint density at radius 3 is 2.40 bits per heavy atom. The van der Waals surface area contributed by atoms with E-state index < -0.39 is 53.2 Å². The number of nitrogens with zero attached hydrogens (tertiary/aromatic N) is 1. The molecule has 3 aliphatic carbocycles. The van der Waals surface area contributed by atoms with Crippen LogP contribution in [0.3, 0.4) is 0 Å². The van der Waals surface area contributed by atoms with Crippen LogP contribution < -0.4 is 0 Å². The molecule has 9 nitrogen and oxygen atoms in total. The van der Waals surface area contributed by atoms with Crippen molar-refractivity contribution in [2.45, 2.75) is 38.5 Å². The molecule has 4 rings (SSSR count). The zero-order valence-electron chi connectivity index (χ0n) is 16.3. The number of aromatic hydroxyl groups is 2. The van der Waals surface area contributed by atoms with Crippen LogP contribution in [0.15, 0.2) is 12.1 Å². The van der Waals surface area contributed by atoms with Crippen LogP contribution in [-0.4, -0.2) is 40.3 Å². The molecule has 0 amide bonds. The minimum absolute atomic E-state index is 0.00114. The highest BCUT2D eigenvalue weighted by Gasteiger charge is 2.59. The molecule has 0 spiro atoms. The van der Waals surface area contributed by atoms with Crippen LogP contribution >= 0.6 is 0 Å². The summed E-state index contributed by atoms with van der Waals surface area (Å²) in [6.45, 7) is 2.34. The highest BCUT2D eigenvalue weighted by Crippen LogP contribution is 2.64. The first-order valence-electron chi connectivity index (χ1n) is 9.28. The maximum Gasteiger partial charge on any atom is 0.382 e. The van der Waals surface area contributed by atoms with E-state index in [1.54, 1.807) is 0 Å². The molecule has 164 valence electrons. The molecule has 2 bridgehead atoms. The van der Waals surface area contributed by atoms with E-state index in [4.69, 9.17) is 0 Å². The number of hydrogen-bond donors (Lipinski definition) is 2. The molecular weight excluding hydrogens is 408 g/mol. The summed E-state index contributed by atoms with van der Waals surface area (Å²) in [5.74, 6) is -8.15. The molecule has 0 aliphatic heterocycles. The first-order chi connectivity index (χ1) is 13.9. The fourth-order valence-corrected chi connectivity index (χ4v) is 4.63. The number of benzene rings is 1. The molecule has 3 atom stereocenters. The van der Waals surface area contributed by atoms with Gasteiger partial charge >= 0.3 is 11.9 Å². The first-order valence-corrected chi connectivity index (χ1v) is 9.28. The lowest BCUT2D eigenvalue weighted by atomic mass is 9.44. The van der Waals surface area contributed by atoms with Gasteiger partial charge in [0.25, 0.3) is 5.09 Å². The third-order valence-electron chi connectivity index (χ3n) is 6.28. The number of phenolic OH excluding ortho intramolecular Hbond substituents is 2. The lowest BCUT2D eigenvalue weighted by molar-refractivity contribution is -0.757. The average molecular weight is 429 g/mol. The van der Waals surface area contributed by atoms with Gasteiger partial charge in [-0.2, -0.15) is 8.78 Å². The Balaban J connectivity index is 1.81. The van der Waals surface area contributed by atoms with Crippen LogP contribution in [0.25, 0.3) is 0 Å². The minimum atomic E-state index is -4.23. The van der Waals surface area contributed by atoms with Crippen molar-refractivity contribution in [3.8, 4) is 11.5 Å². The Bertz CT molecular complexity index is 878. The van der Waals surface area contributed by atoms with Crippen LogP contribution in [0.2, 0.25) is 0 Å². The van der Waals surface area contributed by atoms with Gasteiger partial charge in [0.05, 0.1) is 0 Å². The van der Waals surface area contributed by atoms with Crippen molar-refractivity contribution < 1.29 is 43.2 Å². The van der Waals surface area contributed by atoms with Crippen LogP contribution in [-0.2, 0) is 25.1 Å². The van der Waals surface area contributed by atoms with E-state index in [1.807, 2.05) is 13.8 Å². The summed E-state index contributed by atoms with van der Waals surface area (Å²) in [6, 6.07) is 1.32. The molecule has 0 aromatic heterocycles. The van der Waals surface area contributed by atoms with Crippen LogP contribution in [0.4, 0.5) is 8.78 Å². The van der Waals surface area contributed by atoms with Crippen molar-refractivity contribution in [3.05, 3.63) is 33.4 Å². The molecule has 0 unspecified atom stereocenters. The summed E-state index contributed by atoms with van der Waals surface area (Å²) in [4.78, 5) is 37.9. The zero-order chi connectivity index (χ0) is 22.4. The number of ketones is 1. The summed E-state index contributed by atoms with van der Waals surface area (Å²) in [6.07, 6.45) is 0.694. The number of phenols is 2. The monoisotopic (exact) mass is 429 g/mol. The average Bonchev–Trinajstić information content (AvgIpc) is 2.63. The van der Waals surface area contributed by atoms with Crippen molar-refractivity contribution in [1.82, 2.24) is 0 Å². The number of alkyl halides is 2. The van der Waals surface area contributed by atoms with Gasteiger partial charge in [0.2, 0.25) is 0 Å². The highest BCUT2D eigenvalue weighted by atomic mass is 19.3. The second-order valence-corrected chi connectivity index (χ2v) is 8.19. The van der Waals surface area contributed by atoms with Crippen LogP contribution in [0, 0.1) is 27.4 Å². The number of fused-ring (bicyclic) bond motifs is 2. The molecule has 1 aromatic carbocycles. The van der Waals surface area contributed by atoms with Crippen LogP contribution in [0.5, 0.6) is 11.5 Å². The van der Waals surface area contributed by atoms with E-state index in [-0.39, 0.29) is 35.0 Å². The number of halogens is 2. The number of hydrogen-bond acceptors (Lipinski definition) is 8. The van der Waals surface area contributed by atoms with Gasteiger partial charge in [-0.1, -0.05) is 13.8 Å². The van der Waals surface area contributed by atoms with Crippen molar-refractivity contribution in [2.75, 3.05) is 13.2 Å². The van der Waals surface area contributed by atoms with E-state index in [1.165, 1.54) is 0 Å². The molecule has 11 heteroatoms. The summed E-state index contributed by atoms with van der Waals surface area (Å²) in [7, 11) is 0. The smallest absolute Gasteiger partial charge is 0.382 e. The molecule has 3 fully saturated rings. The topological polar surface area (TPSA) is 136 Å². The van der Waals surface area contributed by atoms with Gasteiger partial charge in [-0.05, 0) is 29.9 Å².